The molecule has 2 aromatic heterocycles. The maximum Gasteiger partial charge on any atom is 0.277 e. The van der Waals surface area contributed by atoms with Crippen molar-refractivity contribution in [3.05, 3.63) is 82.0 Å². The average Bonchev–Trinajstić information content (AvgIpc) is 3.32. The van der Waals surface area contributed by atoms with Crippen LogP contribution in [0, 0.1) is 5.82 Å². The predicted molar refractivity (Wildman–Crippen MR) is 115 cm³/mol. The van der Waals surface area contributed by atoms with Gasteiger partial charge in [0, 0.05) is 49.4 Å². The largest absolute Gasteiger partial charge is 0.341 e. The summed E-state index contributed by atoms with van der Waals surface area (Å²) in [6.07, 6.45) is 8.83. The summed E-state index contributed by atoms with van der Waals surface area (Å²) in [5.74, 6) is 0.228. The van der Waals surface area contributed by atoms with Gasteiger partial charge >= 0.3 is 0 Å². The molecular formula is C22H22FN5O2S. The lowest BCUT2D eigenvalue weighted by atomic mass is 10.1. The lowest BCUT2D eigenvalue weighted by Crippen LogP contribution is -2.32. The smallest absolute Gasteiger partial charge is 0.277 e. The minimum atomic E-state index is -0.338. The van der Waals surface area contributed by atoms with Gasteiger partial charge in [-0.1, -0.05) is 23.9 Å². The minimum Gasteiger partial charge on any atom is -0.341 e. The van der Waals surface area contributed by atoms with Crippen molar-refractivity contribution in [1.29, 1.82) is 0 Å². The zero-order chi connectivity index (χ0) is 21.6. The molecule has 0 saturated carbocycles. The van der Waals surface area contributed by atoms with Gasteiger partial charge in [0.2, 0.25) is 5.91 Å². The molecule has 1 fully saturated rings. The maximum absolute atomic E-state index is 13.2. The Morgan fingerprint density at radius 3 is 2.48 bits per heavy atom. The Hall–Kier alpha value is -3.07. The lowest BCUT2D eigenvalue weighted by Gasteiger charge is -2.18. The summed E-state index contributed by atoms with van der Waals surface area (Å²) in [4.78, 5) is 39.5. The van der Waals surface area contributed by atoms with Gasteiger partial charge in [0.15, 0.2) is 5.16 Å². The number of rotatable bonds is 7. The first-order valence-corrected chi connectivity index (χ1v) is 11.1. The van der Waals surface area contributed by atoms with Gasteiger partial charge in [-0.15, -0.1) is 0 Å². The fourth-order valence-electron chi connectivity index (χ4n) is 3.45. The van der Waals surface area contributed by atoms with Crippen molar-refractivity contribution in [2.45, 2.75) is 36.7 Å². The van der Waals surface area contributed by atoms with Crippen LogP contribution >= 0.6 is 11.8 Å². The van der Waals surface area contributed by atoms with Gasteiger partial charge in [-0.3, -0.25) is 9.59 Å². The standard InChI is InChI=1S/C22H22FN5O2S/c23-19-5-3-16(4-6-19)14-31-22-26-21(30)18(9-17-10-24-15-25-11-17)12-28(22)13-20(29)27-7-1-2-8-27/h3-6,10-12,15H,1-2,7-9,13-14H2. The van der Waals surface area contributed by atoms with Gasteiger partial charge in [-0.05, 0) is 36.1 Å². The molecule has 3 aromatic rings. The van der Waals surface area contributed by atoms with E-state index < -0.39 is 0 Å². The lowest BCUT2D eigenvalue weighted by molar-refractivity contribution is -0.130. The molecule has 160 valence electrons. The van der Waals surface area contributed by atoms with Crippen LogP contribution in [-0.4, -0.2) is 43.4 Å². The minimum absolute atomic E-state index is 0.0144. The van der Waals surface area contributed by atoms with Crippen LogP contribution in [0.1, 0.15) is 29.5 Å². The van der Waals surface area contributed by atoms with Crippen LogP contribution in [-0.2, 0) is 23.5 Å². The van der Waals surface area contributed by atoms with Crippen LogP contribution in [0.15, 0.2) is 59.1 Å². The molecule has 1 amide bonds. The number of nitrogens with zero attached hydrogens (tertiary/aromatic N) is 5. The summed E-state index contributed by atoms with van der Waals surface area (Å²) in [5, 5.41) is 0.468. The summed E-state index contributed by atoms with van der Waals surface area (Å²) < 4.78 is 14.9. The van der Waals surface area contributed by atoms with Gasteiger partial charge in [0.25, 0.3) is 5.56 Å². The van der Waals surface area contributed by atoms with Crippen LogP contribution < -0.4 is 5.56 Å². The quantitative estimate of drug-likeness (QED) is 0.416. The van der Waals surface area contributed by atoms with Crippen molar-refractivity contribution < 1.29 is 9.18 Å². The van der Waals surface area contributed by atoms with Crippen LogP contribution in [0.5, 0.6) is 0 Å². The molecule has 0 bridgehead atoms. The second-order valence-corrected chi connectivity index (χ2v) is 8.35. The number of carbonyl (C=O) groups excluding carboxylic acids is 1. The SMILES string of the molecule is O=C(Cn1cc(Cc2cncnc2)c(=O)nc1SCc1ccc(F)cc1)N1CCCC1. The topological polar surface area (TPSA) is 81.0 Å². The van der Waals surface area contributed by atoms with Crippen molar-refractivity contribution in [3.8, 4) is 0 Å². The highest BCUT2D eigenvalue weighted by Gasteiger charge is 2.20. The Kier molecular flexibility index (Phi) is 6.71. The molecule has 1 aliphatic heterocycles. The second kappa shape index (κ2) is 9.82. The number of amides is 1. The number of hydrogen-bond acceptors (Lipinski definition) is 6. The van der Waals surface area contributed by atoms with Gasteiger partial charge in [0.1, 0.15) is 18.7 Å². The maximum atomic E-state index is 13.2. The summed E-state index contributed by atoms with van der Waals surface area (Å²) in [7, 11) is 0. The summed E-state index contributed by atoms with van der Waals surface area (Å²) in [5.41, 5.74) is 1.85. The van der Waals surface area contributed by atoms with Gasteiger partial charge in [-0.25, -0.2) is 14.4 Å². The first-order chi connectivity index (χ1) is 15.1. The molecule has 0 atom stereocenters. The zero-order valence-electron chi connectivity index (χ0n) is 16.9. The molecule has 1 aromatic carbocycles. The monoisotopic (exact) mass is 439 g/mol. The molecule has 7 nitrogen and oxygen atoms in total. The highest BCUT2D eigenvalue weighted by Crippen LogP contribution is 2.22. The second-order valence-electron chi connectivity index (χ2n) is 7.41. The third kappa shape index (κ3) is 5.55. The molecule has 1 saturated heterocycles. The van der Waals surface area contributed by atoms with Crippen molar-refractivity contribution in [2.24, 2.45) is 0 Å². The van der Waals surface area contributed by atoms with E-state index >= 15 is 0 Å². The normalized spacial score (nSPS) is 13.5. The van der Waals surface area contributed by atoms with Crippen LogP contribution in [0.4, 0.5) is 4.39 Å². The number of benzene rings is 1. The fraction of sp³-hybridized carbons (Fsp3) is 0.318. The summed E-state index contributed by atoms with van der Waals surface area (Å²) >= 11 is 1.35. The molecule has 31 heavy (non-hydrogen) atoms. The van der Waals surface area contributed by atoms with E-state index in [-0.39, 0.29) is 23.8 Å². The summed E-state index contributed by atoms with van der Waals surface area (Å²) in [6, 6.07) is 6.20. The molecule has 0 unspecified atom stereocenters. The van der Waals surface area contributed by atoms with Crippen molar-refractivity contribution in [1.82, 2.24) is 24.4 Å². The molecule has 3 heterocycles. The molecule has 0 N–H and O–H groups in total. The van der Waals surface area contributed by atoms with E-state index in [0.717, 1.165) is 37.1 Å². The van der Waals surface area contributed by atoms with Crippen LogP contribution in [0.3, 0.4) is 0 Å². The average molecular weight is 440 g/mol. The zero-order valence-corrected chi connectivity index (χ0v) is 17.7. The molecule has 0 aliphatic carbocycles. The van der Waals surface area contributed by atoms with Crippen LogP contribution in [0.2, 0.25) is 0 Å². The van der Waals surface area contributed by atoms with Crippen molar-refractivity contribution >= 4 is 17.7 Å². The Morgan fingerprint density at radius 2 is 1.77 bits per heavy atom. The molecule has 1 aliphatic rings. The van der Waals surface area contributed by atoms with E-state index in [2.05, 4.69) is 15.0 Å². The number of halogens is 1. The van der Waals surface area contributed by atoms with Crippen molar-refractivity contribution in [2.75, 3.05) is 13.1 Å². The van der Waals surface area contributed by atoms with Crippen LogP contribution in [0.25, 0.3) is 0 Å². The highest BCUT2D eigenvalue weighted by molar-refractivity contribution is 7.98. The predicted octanol–water partition coefficient (Wildman–Crippen LogP) is 2.68. The van der Waals surface area contributed by atoms with E-state index in [1.54, 1.807) is 35.3 Å². The summed E-state index contributed by atoms with van der Waals surface area (Å²) in [6.45, 7) is 1.65. The number of aromatic nitrogens is 4. The number of thioether (sulfide) groups is 1. The van der Waals surface area contributed by atoms with E-state index in [0.29, 0.717) is 22.9 Å². The van der Waals surface area contributed by atoms with Gasteiger partial charge in [-0.2, -0.15) is 4.98 Å². The van der Waals surface area contributed by atoms with Crippen molar-refractivity contribution in [3.63, 3.8) is 0 Å². The molecule has 0 spiro atoms. The molecule has 0 radical (unpaired) electrons. The Morgan fingerprint density at radius 1 is 1.06 bits per heavy atom. The Balaban J connectivity index is 1.59. The fourth-order valence-corrected chi connectivity index (χ4v) is 4.37. The van der Waals surface area contributed by atoms with Gasteiger partial charge < -0.3 is 9.47 Å². The number of carbonyl (C=O) groups is 1. The first-order valence-electron chi connectivity index (χ1n) is 10.1. The molecular weight excluding hydrogens is 417 g/mol. The highest BCUT2D eigenvalue weighted by atomic mass is 32.2. The first kappa shape index (κ1) is 21.2. The third-order valence-corrected chi connectivity index (χ3v) is 6.15. The molecule has 9 heteroatoms. The van der Waals surface area contributed by atoms with E-state index in [1.807, 2.05) is 4.90 Å². The Labute approximate surface area is 183 Å². The van der Waals surface area contributed by atoms with E-state index in [4.69, 9.17) is 0 Å². The Bertz CT molecular complexity index is 1100. The molecule has 4 rings (SSSR count). The van der Waals surface area contributed by atoms with Gasteiger partial charge in [0.05, 0.1) is 0 Å². The number of hydrogen-bond donors (Lipinski definition) is 0. The van der Waals surface area contributed by atoms with E-state index in [1.165, 1.54) is 30.2 Å². The van der Waals surface area contributed by atoms with E-state index in [9.17, 15) is 14.0 Å². The third-order valence-electron chi connectivity index (χ3n) is 5.08. The number of likely N-dealkylation sites (tertiary alicyclic amines) is 1.